The standard InChI is InChI=1S/C17H23N3O2.CO.F6P.Rh/c1-10(2)14-8-21-16(19-14)12-6-5-7-13(18-12)17-20-15(9-22-17)11(3)4;1-2;1-7(2,3,4,5)6;/h5-7,10-11,14-15H,8-9H2,1-4H3;;;/q;;-1;/t14-,15-;;;/m1.../s1. The first-order valence-corrected chi connectivity index (χ1v) is 11.2. The van der Waals surface area contributed by atoms with Gasteiger partial charge in [0.25, 0.3) is 0 Å². The van der Waals surface area contributed by atoms with Crippen LogP contribution in [0.15, 0.2) is 28.2 Å². The fourth-order valence-electron chi connectivity index (χ4n) is 2.42. The third-order valence-electron chi connectivity index (χ3n) is 4.07. The van der Waals surface area contributed by atoms with Crippen molar-refractivity contribution in [2.45, 2.75) is 39.8 Å². The molecule has 0 unspecified atom stereocenters. The normalized spacial score (nSPS) is 21.8. The molecule has 2 aliphatic rings. The molecule has 1 aromatic heterocycles. The van der Waals surface area contributed by atoms with E-state index in [-0.39, 0.29) is 31.6 Å². The molecule has 3 rings (SSSR count). The van der Waals surface area contributed by atoms with Gasteiger partial charge in [-0.05, 0) is 24.0 Å². The largest absolute Gasteiger partial charge is 0 e. The van der Waals surface area contributed by atoms with Crippen LogP contribution in [0.3, 0.4) is 0 Å². The van der Waals surface area contributed by atoms with Crippen LogP contribution in [0.5, 0.6) is 0 Å². The number of nitrogens with zero attached hydrogens (tertiary/aromatic N) is 3. The van der Waals surface area contributed by atoms with Crippen molar-refractivity contribution in [1.82, 2.24) is 4.98 Å². The number of rotatable bonds is 4. The zero-order valence-corrected chi connectivity index (χ0v) is 20.1. The minimum Gasteiger partial charge on any atom is 0 e. The fourth-order valence-corrected chi connectivity index (χ4v) is 2.42. The van der Waals surface area contributed by atoms with Crippen LogP contribution in [0.4, 0.5) is 25.2 Å². The number of pyridine rings is 1. The van der Waals surface area contributed by atoms with Gasteiger partial charge in [0.1, 0.15) is 24.6 Å². The van der Waals surface area contributed by atoms with Crippen molar-refractivity contribution in [3.05, 3.63) is 36.2 Å². The first-order chi connectivity index (χ1) is 14.0. The van der Waals surface area contributed by atoms with Crippen LogP contribution in [0.1, 0.15) is 39.1 Å². The molecule has 32 heavy (non-hydrogen) atoms. The van der Waals surface area contributed by atoms with Gasteiger partial charge in [0.15, 0.2) is 0 Å². The molecule has 1 radical (unpaired) electrons. The molecule has 2 aliphatic heterocycles. The van der Waals surface area contributed by atoms with Crippen molar-refractivity contribution in [1.29, 1.82) is 0 Å². The van der Waals surface area contributed by atoms with E-state index in [4.69, 9.17) is 14.1 Å². The monoisotopic (exact) mass is 577 g/mol. The number of hydrogen-bond donors (Lipinski definition) is 0. The van der Waals surface area contributed by atoms with Gasteiger partial charge in [-0.3, -0.25) is 0 Å². The molecule has 6 nitrogen and oxygen atoms in total. The molecule has 0 amide bonds. The van der Waals surface area contributed by atoms with Gasteiger partial charge in [-0.1, -0.05) is 33.8 Å². The Bertz CT molecular complexity index is 800. The number of aromatic nitrogens is 1. The van der Waals surface area contributed by atoms with E-state index in [2.05, 4.69) is 49.3 Å². The third-order valence-corrected chi connectivity index (χ3v) is 4.07. The van der Waals surface area contributed by atoms with Gasteiger partial charge in [-0.2, -0.15) is 0 Å². The molecular weight excluding hydrogens is 554 g/mol. The van der Waals surface area contributed by atoms with Gasteiger partial charge in [0.2, 0.25) is 11.8 Å². The second-order valence-corrected chi connectivity index (χ2v) is 9.40. The maximum atomic E-state index is 9.87. The van der Waals surface area contributed by atoms with E-state index >= 15 is 0 Å². The predicted octanol–water partition coefficient (Wildman–Crippen LogP) is 6.03. The smallest absolute Gasteiger partial charge is 0 e. The predicted molar refractivity (Wildman–Crippen MR) is 104 cm³/mol. The van der Waals surface area contributed by atoms with E-state index in [1.54, 1.807) is 0 Å². The maximum Gasteiger partial charge on any atom is 0 e. The van der Waals surface area contributed by atoms with Crippen LogP contribution in [-0.4, -0.2) is 42.1 Å². The summed E-state index contributed by atoms with van der Waals surface area (Å²) in [6.45, 7) is 14.4. The summed E-state index contributed by atoms with van der Waals surface area (Å²) in [5.41, 5.74) is 1.50. The van der Waals surface area contributed by atoms with Crippen molar-refractivity contribution in [2.75, 3.05) is 13.2 Å². The maximum absolute atomic E-state index is 10.7. The van der Waals surface area contributed by atoms with Gasteiger partial charge in [0.05, 0.1) is 12.1 Å². The average molecular weight is 577 g/mol. The second kappa shape index (κ2) is 10.6. The van der Waals surface area contributed by atoms with Crippen molar-refractivity contribution < 1.29 is 58.8 Å². The van der Waals surface area contributed by atoms with Crippen molar-refractivity contribution >= 4 is 19.6 Å². The SMILES string of the molecule is CC(C)[C@H]1COC(c2cccc(C3=N[C@@H](C(C)C)CO3)n2)=N1.F[P-](F)(F)(F)(F)F.[C-]#[O+].[Rh]. The molecule has 0 saturated carbocycles. The molecule has 0 N–H and O–H groups in total. The first kappa shape index (κ1) is 30.5. The molecule has 14 heteroatoms. The molecule has 0 spiro atoms. The van der Waals surface area contributed by atoms with Crippen molar-refractivity contribution in [3.8, 4) is 0 Å². The van der Waals surface area contributed by atoms with Gasteiger partial charge in [-0.25, -0.2) is 15.0 Å². The molecule has 1 aromatic rings. The summed E-state index contributed by atoms with van der Waals surface area (Å²) in [5, 5.41) is 0. The van der Waals surface area contributed by atoms with E-state index < -0.39 is 7.81 Å². The zero-order chi connectivity index (χ0) is 24.1. The Hall–Kier alpha value is -1.54. The Morgan fingerprint density at radius 2 is 1.16 bits per heavy atom. The summed E-state index contributed by atoms with van der Waals surface area (Å²) >= 11 is 0. The Kier molecular flexibility index (Phi) is 10.1. The molecule has 3 heterocycles. The zero-order valence-electron chi connectivity index (χ0n) is 17.6. The molecule has 185 valence electrons. The summed E-state index contributed by atoms with van der Waals surface area (Å²) in [7, 11) is -10.7. The molecule has 0 fully saturated rings. The van der Waals surface area contributed by atoms with Crippen LogP contribution in [0.2, 0.25) is 0 Å². The number of hydrogen-bond acceptors (Lipinski definition) is 5. The Balaban J connectivity index is 0.000000829. The van der Waals surface area contributed by atoms with Gasteiger partial charge in [-0.15, -0.1) is 0 Å². The van der Waals surface area contributed by atoms with Gasteiger partial charge >= 0.3 is 44.3 Å². The second-order valence-electron chi connectivity index (χ2n) is 7.48. The Morgan fingerprint density at radius 1 is 0.844 bits per heavy atom. The number of ether oxygens (including phenoxy) is 2. The summed E-state index contributed by atoms with van der Waals surface area (Å²) in [6.07, 6.45) is 0. The molecule has 0 saturated heterocycles. The van der Waals surface area contributed by atoms with Crippen molar-refractivity contribution in [2.24, 2.45) is 21.8 Å². The number of halogens is 6. The fraction of sp³-hybridized carbons (Fsp3) is 0.556. The minimum atomic E-state index is -10.7. The number of aliphatic imine (C=N–C) groups is 2. The van der Waals surface area contributed by atoms with E-state index in [0.717, 1.165) is 11.4 Å². The summed E-state index contributed by atoms with van der Waals surface area (Å²) in [5.74, 6) is 2.18. The summed E-state index contributed by atoms with van der Waals surface area (Å²) in [6, 6.07) is 6.21. The topological polar surface area (TPSA) is 76.0 Å². The van der Waals surface area contributed by atoms with E-state index in [0.29, 0.717) is 36.8 Å². The Labute approximate surface area is 194 Å². The van der Waals surface area contributed by atoms with Crippen LogP contribution < -0.4 is 0 Å². The van der Waals surface area contributed by atoms with E-state index in [9.17, 15) is 25.2 Å². The summed E-state index contributed by atoms with van der Waals surface area (Å²) in [4.78, 5) is 13.9. The first-order valence-electron chi connectivity index (χ1n) is 9.15. The summed E-state index contributed by atoms with van der Waals surface area (Å²) < 4.78 is 78.1. The quantitative estimate of drug-likeness (QED) is 0.144. The Morgan fingerprint density at radius 3 is 1.41 bits per heavy atom. The van der Waals surface area contributed by atoms with E-state index in [1.165, 1.54) is 0 Å². The van der Waals surface area contributed by atoms with Crippen LogP contribution >= 0.6 is 7.81 Å². The van der Waals surface area contributed by atoms with Crippen molar-refractivity contribution in [3.63, 3.8) is 0 Å². The van der Waals surface area contributed by atoms with Gasteiger partial charge in [0, 0.05) is 19.5 Å². The average Bonchev–Trinajstić information content (AvgIpc) is 3.31. The molecule has 0 aliphatic carbocycles. The van der Waals surface area contributed by atoms with Crippen LogP contribution in [0.25, 0.3) is 0 Å². The third kappa shape index (κ3) is 11.9. The molecular formula is C18H23F6N3O3PRh-. The molecule has 0 aromatic carbocycles. The van der Waals surface area contributed by atoms with Crippen LogP contribution in [-0.2, 0) is 33.6 Å². The minimum absolute atomic E-state index is 0. The van der Waals surface area contributed by atoms with E-state index in [1.807, 2.05) is 18.2 Å². The van der Waals surface area contributed by atoms with Gasteiger partial charge < -0.3 is 9.47 Å². The van der Waals surface area contributed by atoms with Crippen LogP contribution in [0, 0.1) is 18.5 Å². The molecule has 2 atom stereocenters. The molecule has 0 bridgehead atoms.